The minimum atomic E-state index is 0.953. The molecular formula is C119H154N14. The number of fused-ring (bicyclic) bond motifs is 21. The van der Waals surface area contributed by atoms with Crippen molar-refractivity contribution in [2.45, 2.75) is 242 Å². The predicted molar refractivity (Wildman–Crippen MR) is 591 cm³/mol. The van der Waals surface area contributed by atoms with Gasteiger partial charge in [-0.25, -0.2) is 0 Å². The Hall–Kier alpha value is -13.7. The number of benzene rings is 7. The van der Waals surface area contributed by atoms with Gasteiger partial charge in [-0.05, 0) is 174 Å². The van der Waals surface area contributed by atoms with Gasteiger partial charge in [-0.1, -0.05) is 320 Å². The molecular weight excluding hydrogens is 1630 g/mol. The molecule has 0 unspecified atom stereocenters. The second kappa shape index (κ2) is 68.4. The largest absolute Gasteiger partial charge is 0.255 e. The Labute approximate surface area is 797 Å². The SMILES string of the molecule is CC.CC.CC.CC.CC.CC.CC.CC.CC.CC.CC.CC.CC.CC.Cc1ccc2c(cnc3cccnc32)c1.Cc1ccc2cnc3cccnc3c2c1.Cc1cccc2c1cnc1cccnc12.Cc1cccc2c1ncc1cccnc12.Cc1ccnc2c1cnc1ccccc12.Cc1cnc2c(cnc3ccccc32)c1.Cc1nc2ccccc2c2ncccc12. The first-order valence-corrected chi connectivity index (χ1v) is 48.7. The van der Waals surface area contributed by atoms with Gasteiger partial charge in [-0.3, -0.25) is 69.8 Å². The zero-order chi connectivity index (χ0) is 99.8. The van der Waals surface area contributed by atoms with Gasteiger partial charge in [0.25, 0.3) is 0 Å². The van der Waals surface area contributed by atoms with Crippen LogP contribution in [0.1, 0.15) is 233 Å². The molecule has 14 nitrogen and oxygen atoms in total. The van der Waals surface area contributed by atoms with Gasteiger partial charge in [0.15, 0.2) is 0 Å². The Kier molecular flexibility index (Phi) is 60.3. The van der Waals surface area contributed by atoms with E-state index in [2.05, 4.69) is 201 Å². The third kappa shape index (κ3) is 32.7. The minimum Gasteiger partial charge on any atom is -0.255 e. The van der Waals surface area contributed by atoms with Crippen molar-refractivity contribution in [2.75, 3.05) is 0 Å². The minimum absolute atomic E-state index is 0.953. The summed E-state index contributed by atoms with van der Waals surface area (Å²) in [5.41, 5.74) is 22.4. The van der Waals surface area contributed by atoms with Crippen LogP contribution in [0.4, 0.5) is 0 Å². The average molecular weight is 1780 g/mol. The van der Waals surface area contributed by atoms with Crippen LogP contribution < -0.4 is 0 Å². The van der Waals surface area contributed by atoms with Gasteiger partial charge in [-0.15, -0.1) is 0 Å². The molecule has 0 aliphatic rings. The van der Waals surface area contributed by atoms with E-state index in [1.54, 1.807) is 0 Å². The van der Waals surface area contributed by atoms with E-state index in [4.69, 9.17) is 0 Å². The third-order valence-corrected chi connectivity index (χ3v) is 18.4. The second-order valence-electron chi connectivity index (χ2n) is 25.8. The van der Waals surface area contributed by atoms with Crippen LogP contribution in [-0.4, -0.2) is 69.8 Å². The van der Waals surface area contributed by atoms with Crippen LogP contribution >= 0.6 is 0 Å². The summed E-state index contributed by atoms with van der Waals surface area (Å²) in [5.74, 6) is 0. The van der Waals surface area contributed by atoms with E-state index >= 15 is 0 Å². The van der Waals surface area contributed by atoms with E-state index in [1.165, 1.54) is 54.9 Å². The number of hydrogen-bond donors (Lipinski definition) is 0. The molecule has 0 N–H and O–H groups in total. The van der Waals surface area contributed by atoms with Crippen LogP contribution in [0.25, 0.3) is 153 Å². The smallest absolute Gasteiger partial charge is 0.0965 e. The fraction of sp³-hybridized carbons (Fsp3) is 0.294. The summed E-state index contributed by atoms with van der Waals surface area (Å²) in [6.45, 7) is 70.5. The summed E-state index contributed by atoms with van der Waals surface area (Å²) in [6, 6.07) is 73.3. The molecule has 700 valence electrons. The highest BCUT2D eigenvalue weighted by atomic mass is 14.8. The molecule has 133 heavy (non-hydrogen) atoms. The van der Waals surface area contributed by atoms with Crippen LogP contribution in [0.5, 0.6) is 0 Å². The molecule has 0 aliphatic heterocycles. The lowest BCUT2D eigenvalue weighted by Crippen LogP contribution is -1.89. The molecule has 7 aromatic carbocycles. The Bertz CT molecular complexity index is 6310. The molecule has 0 spiro atoms. The van der Waals surface area contributed by atoms with Gasteiger partial charge in [0, 0.05) is 162 Å². The zero-order valence-electron chi connectivity index (χ0n) is 87.1. The first-order chi connectivity index (χ1) is 65.5. The second-order valence-corrected chi connectivity index (χ2v) is 25.8. The van der Waals surface area contributed by atoms with E-state index in [0.717, 1.165) is 137 Å². The lowest BCUT2D eigenvalue weighted by atomic mass is 10.1. The van der Waals surface area contributed by atoms with E-state index in [1.807, 2.05) is 410 Å². The summed E-state index contributed by atoms with van der Waals surface area (Å²) in [5, 5.41) is 16.0. The van der Waals surface area contributed by atoms with Gasteiger partial charge < -0.3 is 0 Å². The van der Waals surface area contributed by atoms with Crippen molar-refractivity contribution in [1.82, 2.24) is 69.8 Å². The van der Waals surface area contributed by atoms with Crippen LogP contribution in [0.3, 0.4) is 0 Å². The van der Waals surface area contributed by atoms with Crippen LogP contribution in [0.2, 0.25) is 0 Å². The summed E-state index contributed by atoms with van der Waals surface area (Å²) in [4.78, 5) is 61.9. The van der Waals surface area contributed by atoms with Crippen molar-refractivity contribution in [2.24, 2.45) is 0 Å². The zero-order valence-corrected chi connectivity index (χ0v) is 87.1. The predicted octanol–water partition coefficient (Wildman–Crippen LogP) is 36.0. The molecule has 0 aliphatic carbocycles. The number of hydrogen-bond acceptors (Lipinski definition) is 14. The summed E-state index contributed by atoms with van der Waals surface area (Å²) in [7, 11) is 0. The van der Waals surface area contributed by atoms with Crippen molar-refractivity contribution in [3.63, 3.8) is 0 Å². The summed E-state index contributed by atoms with van der Waals surface area (Å²) < 4.78 is 0. The molecule has 0 radical (unpaired) electrons. The fourth-order valence-electron chi connectivity index (χ4n) is 13.1. The van der Waals surface area contributed by atoms with Crippen molar-refractivity contribution >= 4 is 153 Å². The lowest BCUT2D eigenvalue weighted by molar-refractivity contribution is 1.27. The summed E-state index contributed by atoms with van der Waals surface area (Å²) >= 11 is 0. The van der Waals surface area contributed by atoms with Crippen LogP contribution in [0, 0.1) is 48.5 Å². The Balaban J connectivity index is 0.000000742. The highest BCUT2D eigenvalue weighted by Crippen LogP contribution is 2.30. The quantitative estimate of drug-likeness (QED) is 0.131. The summed E-state index contributed by atoms with van der Waals surface area (Å²) in [6.07, 6.45) is 24.2. The van der Waals surface area contributed by atoms with Gasteiger partial charge >= 0.3 is 0 Å². The highest BCUT2D eigenvalue weighted by molar-refractivity contribution is 6.09. The number of aryl methyl sites for hydroxylation is 7. The maximum atomic E-state index is 4.56. The molecule has 0 saturated heterocycles. The van der Waals surface area contributed by atoms with E-state index in [-0.39, 0.29) is 0 Å². The van der Waals surface area contributed by atoms with Crippen LogP contribution in [-0.2, 0) is 0 Å². The standard InChI is InChI=1S/7C13H10N2.14C2H6/c1-9-4-2-6-11-12(9)15-8-10-5-3-7-14-13(10)11;1-9-4-2-5-10-11(9)8-15-12-6-3-7-14-13(10)12;1-9-4-5-11-10(7-9)8-15-12-3-2-6-14-13(11)12;1-9-4-5-10-8-15-12-3-2-6-14-13(12)11(10)7-9;1-9-10-6-4-8-14-13(10)11-5-2-3-7-12(11)15-9;1-9-6-10-8-14-12-5-3-2-4-11(12)13(10)15-7-9;1-9-6-7-14-13-10-4-2-3-5-12(10)15-8-11(9)13;14*1-2/h7*2-8H,1H3;14*1-2H3. The van der Waals surface area contributed by atoms with E-state index in [0.29, 0.717) is 0 Å². The molecule has 0 bridgehead atoms. The van der Waals surface area contributed by atoms with Crippen molar-refractivity contribution in [1.29, 1.82) is 0 Å². The number of pyridine rings is 14. The molecule has 0 saturated carbocycles. The Morgan fingerprint density at radius 3 is 1.07 bits per heavy atom. The fourth-order valence-corrected chi connectivity index (χ4v) is 13.1. The van der Waals surface area contributed by atoms with E-state index < -0.39 is 0 Å². The maximum absolute atomic E-state index is 4.56. The van der Waals surface area contributed by atoms with Crippen molar-refractivity contribution in [3.05, 3.63) is 338 Å². The molecule has 0 atom stereocenters. The molecule has 14 heterocycles. The van der Waals surface area contributed by atoms with Gasteiger partial charge in [0.2, 0.25) is 0 Å². The molecule has 21 rings (SSSR count). The lowest BCUT2D eigenvalue weighted by Gasteiger charge is -2.04. The molecule has 0 fully saturated rings. The Morgan fingerprint density at radius 2 is 0.496 bits per heavy atom. The molecule has 0 amide bonds. The number of nitrogens with zero attached hydrogens (tertiary/aromatic N) is 14. The van der Waals surface area contributed by atoms with E-state index in [9.17, 15) is 0 Å². The Morgan fingerprint density at radius 1 is 0.150 bits per heavy atom. The average Bonchev–Trinajstić information content (AvgIpc) is 0.803. The van der Waals surface area contributed by atoms with Crippen LogP contribution in [0.15, 0.2) is 299 Å². The van der Waals surface area contributed by atoms with Gasteiger partial charge in [0.05, 0.1) is 77.2 Å². The third-order valence-electron chi connectivity index (χ3n) is 18.4. The first kappa shape index (κ1) is 117. The number of para-hydroxylation sites is 4. The first-order valence-electron chi connectivity index (χ1n) is 48.7. The van der Waals surface area contributed by atoms with Gasteiger partial charge in [0.1, 0.15) is 0 Å². The van der Waals surface area contributed by atoms with Crippen molar-refractivity contribution < 1.29 is 0 Å². The van der Waals surface area contributed by atoms with Crippen molar-refractivity contribution in [3.8, 4) is 0 Å². The maximum Gasteiger partial charge on any atom is 0.0965 e. The topological polar surface area (TPSA) is 180 Å². The normalized spacial score (nSPS) is 9.32. The molecule has 21 aromatic rings. The number of rotatable bonds is 0. The number of aromatic nitrogens is 14. The molecule has 14 heteroatoms. The monoisotopic (exact) mass is 1780 g/mol. The van der Waals surface area contributed by atoms with Gasteiger partial charge in [-0.2, -0.15) is 0 Å². The molecule has 14 aromatic heterocycles. The highest BCUT2D eigenvalue weighted by Gasteiger charge is 2.10.